The molecule has 7 heteroatoms. The van der Waals surface area contributed by atoms with Crippen molar-refractivity contribution in [2.24, 2.45) is 7.05 Å². The standard InChI is InChI=1S/C10H18N4O2S/c1-4-11-8(9(15)16-5-2)6-17-10-12-7-13-14(10)3/h7-8,11H,4-6H2,1-3H3. The maximum absolute atomic E-state index is 11.6. The maximum atomic E-state index is 11.6. The lowest BCUT2D eigenvalue weighted by atomic mass is 10.3. The lowest BCUT2D eigenvalue weighted by molar-refractivity contribution is -0.144. The molecule has 0 aliphatic rings. The molecule has 0 saturated heterocycles. The summed E-state index contributed by atoms with van der Waals surface area (Å²) in [6.45, 7) is 4.88. The van der Waals surface area contributed by atoms with E-state index in [-0.39, 0.29) is 12.0 Å². The van der Waals surface area contributed by atoms with E-state index < -0.39 is 0 Å². The number of carbonyl (C=O) groups excluding carboxylic acids is 1. The van der Waals surface area contributed by atoms with Gasteiger partial charge in [-0.05, 0) is 13.5 Å². The number of nitrogens with one attached hydrogen (secondary N) is 1. The molecule has 0 bridgehead atoms. The van der Waals surface area contributed by atoms with E-state index in [2.05, 4.69) is 15.4 Å². The topological polar surface area (TPSA) is 69.0 Å². The number of hydrogen-bond donors (Lipinski definition) is 1. The molecule has 1 rings (SSSR count). The first-order chi connectivity index (χ1) is 8.19. The minimum absolute atomic E-state index is 0.219. The van der Waals surface area contributed by atoms with Gasteiger partial charge >= 0.3 is 5.97 Å². The third-order valence-corrected chi connectivity index (χ3v) is 3.20. The average Bonchev–Trinajstić information content (AvgIpc) is 2.70. The van der Waals surface area contributed by atoms with Crippen molar-refractivity contribution in [3.05, 3.63) is 6.33 Å². The third kappa shape index (κ3) is 4.35. The number of thioether (sulfide) groups is 1. The first-order valence-corrected chi connectivity index (χ1v) is 6.54. The summed E-state index contributed by atoms with van der Waals surface area (Å²) in [5.41, 5.74) is 0. The fraction of sp³-hybridized carbons (Fsp3) is 0.700. The summed E-state index contributed by atoms with van der Waals surface area (Å²) in [7, 11) is 1.82. The number of aryl methyl sites for hydroxylation is 1. The van der Waals surface area contributed by atoms with Gasteiger partial charge in [-0.1, -0.05) is 18.7 Å². The van der Waals surface area contributed by atoms with Crippen LogP contribution in [0.4, 0.5) is 0 Å². The van der Waals surface area contributed by atoms with E-state index in [4.69, 9.17) is 4.74 Å². The Morgan fingerprint density at radius 3 is 2.94 bits per heavy atom. The van der Waals surface area contributed by atoms with Crippen molar-refractivity contribution in [1.29, 1.82) is 0 Å². The first kappa shape index (κ1) is 14.0. The zero-order valence-corrected chi connectivity index (χ0v) is 11.2. The third-order valence-electron chi connectivity index (χ3n) is 2.07. The molecule has 0 amide bonds. The van der Waals surface area contributed by atoms with Crippen LogP contribution < -0.4 is 5.32 Å². The van der Waals surface area contributed by atoms with Gasteiger partial charge in [0.25, 0.3) is 0 Å². The van der Waals surface area contributed by atoms with E-state index in [1.54, 1.807) is 11.6 Å². The molecule has 1 unspecified atom stereocenters. The molecule has 0 fully saturated rings. The van der Waals surface area contributed by atoms with Gasteiger partial charge in [-0.25, -0.2) is 9.67 Å². The highest BCUT2D eigenvalue weighted by Gasteiger charge is 2.19. The second-order valence-electron chi connectivity index (χ2n) is 3.34. The van der Waals surface area contributed by atoms with E-state index in [0.717, 1.165) is 11.7 Å². The molecular formula is C10H18N4O2S. The Morgan fingerprint density at radius 2 is 2.41 bits per heavy atom. The lowest BCUT2D eigenvalue weighted by Gasteiger charge is -2.15. The molecule has 1 atom stereocenters. The SMILES string of the molecule is CCNC(CSc1ncnn1C)C(=O)OCC. The normalized spacial score (nSPS) is 12.4. The van der Waals surface area contributed by atoms with Gasteiger partial charge in [0.15, 0.2) is 5.16 Å². The van der Waals surface area contributed by atoms with Gasteiger partial charge in [0.2, 0.25) is 0 Å². The van der Waals surface area contributed by atoms with Gasteiger partial charge in [0.1, 0.15) is 12.4 Å². The highest BCUT2D eigenvalue weighted by atomic mass is 32.2. The Morgan fingerprint density at radius 1 is 1.65 bits per heavy atom. The number of aromatic nitrogens is 3. The quantitative estimate of drug-likeness (QED) is 0.565. The van der Waals surface area contributed by atoms with Crippen LogP contribution in [0.3, 0.4) is 0 Å². The van der Waals surface area contributed by atoms with Crippen molar-refractivity contribution in [1.82, 2.24) is 20.1 Å². The van der Waals surface area contributed by atoms with E-state index in [1.165, 1.54) is 18.1 Å². The number of ether oxygens (including phenoxy) is 1. The van der Waals surface area contributed by atoms with Crippen LogP contribution in [0.15, 0.2) is 11.5 Å². The number of nitrogens with zero attached hydrogens (tertiary/aromatic N) is 3. The monoisotopic (exact) mass is 258 g/mol. The number of rotatable bonds is 7. The zero-order chi connectivity index (χ0) is 12.7. The Balaban J connectivity index is 2.49. The number of carbonyl (C=O) groups is 1. The predicted octanol–water partition coefficient (Wildman–Crippen LogP) is 0.448. The Hall–Kier alpha value is -1.08. The molecule has 0 aliphatic heterocycles. The van der Waals surface area contributed by atoms with E-state index in [1.807, 2.05) is 14.0 Å². The molecule has 1 aromatic heterocycles. The second kappa shape index (κ2) is 7.29. The smallest absolute Gasteiger partial charge is 0.323 e. The Bertz CT molecular complexity index is 356. The van der Waals surface area contributed by atoms with Crippen LogP contribution >= 0.6 is 11.8 Å². The number of likely N-dealkylation sites (N-methyl/N-ethyl adjacent to an activating group) is 1. The molecule has 0 radical (unpaired) electrons. The molecule has 0 aliphatic carbocycles. The van der Waals surface area contributed by atoms with Crippen molar-refractivity contribution >= 4 is 17.7 Å². The fourth-order valence-electron chi connectivity index (χ4n) is 1.27. The average molecular weight is 258 g/mol. The lowest BCUT2D eigenvalue weighted by Crippen LogP contribution is -2.40. The molecular weight excluding hydrogens is 240 g/mol. The molecule has 1 aromatic rings. The molecule has 17 heavy (non-hydrogen) atoms. The highest BCUT2D eigenvalue weighted by Crippen LogP contribution is 2.14. The maximum Gasteiger partial charge on any atom is 0.323 e. The minimum Gasteiger partial charge on any atom is -0.465 e. The largest absolute Gasteiger partial charge is 0.465 e. The summed E-state index contributed by atoms with van der Waals surface area (Å²) in [4.78, 5) is 15.7. The van der Waals surface area contributed by atoms with Crippen molar-refractivity contribution in [2.45, 2.75) is 25.0 Å². The van der Waals surface area contributed by atoms with Crippen molar-refractivity contribution in [3.8, 4) is 0 Å². The van der Waals surface area contributed by atoms with Gasteiger partial charge in [-0.2, -0.15) is 5.10 Å². The predicted molar refractivity (Wildman–Crippen MR) is 65.8 cm³/mol. The van der Waals surface area contributed by atoms with Gasteiger partial charge in [0, 0.05) is 12.8 Å². The fourth-order valence-corrected chi connectivity index (χ4v) is 2.20. The minimum atomic E-state index is -0.304. The Labute approximate surface area is 105 Å². The van der Waals surface area contributed by atoms with Gasteiger partial charge in [0.05, 0.1) is 6.61 Å². The van der Waals surface area contributed by atoms with Crippen LogP contribution in [-0.4, -0.2) is 45.7 Å². The first-order valence-electron chi connectivity index (χ1n) is 5.55. The van der Waals surface area contributed by atoms with Crippen molar-refractivity contribution < 1.29 is 9.53 Å². The van der Waals surface area contributed by atoms with E-state index in [0.29, 0.717) is 12.4 Å². The summed E-state index contributed by atoms with van der Waals surface area (Å²) in [6, 6.07) is -0.304. The van der Waals surface area contributed by atoms with Crippen molar-refractivity contribution in [3.63, 3.8) is 0 Å². The zero-order valence-electron chi connectivity index (χ0n) is 10.3. The van der Waals surface area contributed by atoms with Gasteiger partial charge in [-0.3, -0.25) is 4.79 Å². The van der Waals surface area contributed by atoms with Crippen molar-refractivity contribution in [2.75, 3.05) is 18.9 Å². The summed E-state index contributed by atoms with van der Waals surface area (Å²) in [5, 5.41) is 7.86. The van der Waals surface area contributed by atoms with E-state index in [9.17, 15) is 4.79 Å². The van der Waals surface area contributed by atoms with Crippen LogP contribution in [0.25, 0.3) is 0 Å². The molecule has 0 aromatic carbocycles. The molecule has 1 N–H and O–H groups in total. The Kier molecular flexibility index (Phi) is 5.99. The number of esters is 1. The van der Waals surface area contributed by atoms with Crippen LogP contribution in [0.5, 0.6) is 0 Å². The van der Waals surface area contributed by atoms with E-state index >= 15 is 0 Å². The summed E-state index contributed by atoms with van der Waals surface area (Å²) in [6.07, 6.45) is 1.49. The molecule has 0 saturated carbocycles. The van der Waals surface area contributed by atoms with Gasteiger partial charge in [-0.15, -0.1) is 0 Å². The summed E-state index contributed by atoms with van der Waals surface area (Å²) < 4.78 is 6.68. The molecule has 6 nitrogen and oxygen atoms in total. The summed E-state index contributed by atoms with van der Waals surface area (Å²) >= 11 is 1.48. The summed E-state index contributed by atoms with van der Waals surface area (Å²) in [5.74, 6) is 0.364. The second-order valence-corrected chi connectivity index (χ2v) is 4.33. The van der Waals surface area contributed by atoms with Crippen LogP contribution in [0, 0.1) is 0 Å². The van der Waals surface area contributed by atoms with Crippen LogP contribution in [-0.2, 0) is 16.6 Å². The number of hydrogen-bond acceptors (Lipinski definition) is 6. The van der Waals surface area contributed by atoms with Gasteiger partial charge < -0.3 is 10.1 Å². The molecule has 1 heterocycles. The molecule has 96 valence electrons. The highest BCUT2D eigenvalue weighted by molar-refractivity contribution is 7.99. The molecule has 0 spiro atoms. The van der Waals surface area contributed by atoms with Crippen LogP contribution in [0.2, 0.25) is 0 Å². The van der Waals surface area contributed by atoms with Crippen LogP contribution in [0.1, 0.15) is 13.8 Å².